The maximum Gasteiger partial charge on any atom is 0.312 e. The van der Waals surface area contributed by atoms with Crippen LogP contribution in [0, 0.1) is 52.3 Å². The van der Waals surface area contributed by atoms with E-state index in [0.29, 0.717) is 55.0 Å². The zero-order valence-corrected chi connectivity index (χ0v) is 22.2. The predicted molar refractivity (Wildman–Crippen MR) is 133 cm³/mol. The normalized spacial score (nSPS) is 46.1. The van der Waals surface area contributed by atoms with Gasteiger partial charge in [0, 0.05) is 19.5 Å². The Morgan fingerprint density at radius 2 is 1.69 bits per heavy atom. The molecular formula is C29H47NO5. The molecule has 5 rings (SSSR count). The minimum Gasteiger partial charge on any atom is -0.469 e. The Morgan fingerprint density at radius 3 is 2.40 bits per heavy atom. The molecule has 4 saturated carbocycles. The summed E-state index contributed by atoms with van der Waals surface area (Å²) in [5.41, 5.74) is 0.509. The average molecular weight is 490 g/mol. The number of ether oxygens (including phenoxy) is 1. The zero-order valence-electron chi connectivity index (χ0n) is 22.2. The standard InChI is InChI=1S/C29H47NO5/c1-17(5-8-25(33)30-15-18(16-30)27(34)35-4)21-6-7-22-26-23(10-12-29(21,22)3)28(2)11-9-20(31)13-19(28)14-24(26)32/h17-24,26,31-32H,5-16H2,1-4H3/t17?,19-,20+,21?,22?,23?,24?,26?,28-,29+/m0/s1. The number of aliphatic hydroxyl groups is 2. The lowest BCUT2D eigenvalue weighted by molar-refractivity contribution is -0.174. The molecule has 4 aliphatic carbocycles. The summed E-state index contributed by atoms with van der Waals surface area (Å²) in [5, 5.41) is 21.7. The summed E-state index contributed by atoms with van der Waals surface area (Å²) in [6.07, 6.45) is 9.61. The third-order valence-corrected chi connectivity index (χ3v) is 12.0. The first-order valence-electron chi connectivity index (χ1n) is 14.3. The first kappa shape index (κ1) is 25.5. The fourth-order valence-corrected chi connectivity index (χ4v) is 9.88. The number of aliphatic hydroxyl groups excluding tert-OH is 2. The summed E-state index contributed by atoms with van der Waals surface area (Å²) >= 11 is 0. The van der Waals surface area contributed by atoms with Gasteiger partial charge in [0.1, 0.15) is 0 Å². The van der Waals surface area contributed by atoms with Gasteiger partial charge in [0.05, 0.1) is 25.2 Å². The van der Waals surface area contributed by atoms with Crippen molar-refractivity contribution in [2.24, 2.45) is 52.3 Å². The predicted octanol–water partition coefficient (Wildman–Crippen LogP) is 4.02. The van der Waals surface area contributed by atoms with Gasteiger partial charge in [-0.15, -0.1) is 0 Å². The van der Waals surface area contributed by atoms with Gasteiger partial charge in [-0.2, -0.15) is 0 Å². The fourth-order valence-electron chi connectivity index (χ4n) is 9.88. The lowest BCUT2D eigenvalue weighted by Gasteiger charge is -2.62. The maximum atomic E-state index is 12.7. The summed E-state index contributed by atoms with van der Waals surface area (Å²) in [6, 6.07) is 0. The highest BCUT2D eigenvalue weighted by Gasteiger charge is 2.62. The van der Waals surface area contributed by atoms with Crippen molar-refractivity contribution in [3.63, 3.8) is 0 Å². The van der Waals surface area contributed by atoms with Crippen molar-refractivity contribution in [3.05, 3.63) is 0 Å². The highest BCUT2D eigenvalue weighted by Crippen LogP contribution is 2.68. The molecule has 6 unspecified atom stereocenters. The molecule has 10 atom stereocenters. The summed E-state index contributed by atoms with van der Waals surface area (Å²) in [6.45, 7) is 8.30. The first-order chi connectivity index (χ1) is 16.6. The topological polar surface area (TPSA) is 87.1 Å². The number of carbonyl (C=O) groups is 2. The summed E-state index contributed by atoms with van der Waals surface area (Å²) in [7, 11) is 1.40. The number of hydrogen-bond donors (Lipinski definition) is 2. The Hall–Kier alpha value is -1.14. The number of esters is 1. The molecule has 6 heteroatoms. The number of hydrogen-bond acceptors (Lipinski definition) is 5. The minimum atomic E-state index is -0.238. The molecule has 198 valence electrons. The largest absolute Gasteiger partial charge is 0.469 e. The van der Waals surface area contributed by atoms with Crippen LogP contribution in [0.5, 0.6) is 0 Å². The molecule has 1 amide bonds. The van der Waals surface area contributed by atoms with Gasteiger partial charge in [-0.3, -0.25) is 9.59 Å². The third kappa shape index (κ3) is 4.15. The Morgan fingerprint density at radius 1 is 1.00 bits per heavy atom. The highest BCUT2D eigenvalue weighted by atomic mass is 16.5. The van der Waals surface area contributed by atoms with Gasteiger partial charge >= 0.3 is 5.97 Å². The van der Waals surface area contributed by atoms with Crippen LogP contribution in [0.2, 0.25) is 0 Å². The van der Waals surface area contributed by atoms with Gasteiger partial charge < -0.3 is 19.8 Å². The van der Waals surface area contributed by atoms with Crippen LogP contribution in [0.15, 0.2) is 0 Å². The molecule has 1 heterocycles. The van der Waals surface area contributed by atoms with Crippen molar-refractivity contribution < 1.29 is 24.5 Å². The van der Waals surface area contributed by atoms with Gasteiger partial charge in [-0.05, 0) is 104 Å². The summed E-state index contributed by atoms with van der Waals surface area (Å²) < 4.78 is 4.79. The lowest BCUT2D eigenvalue weighted by Crippen LogP contribution is -2.58. The minimum absolute atomic E-state index is 0.151. The molecule has 0 aromatic rings. The molecule has 2 N–H and O–H groups in total. The third-order valence-electron chi connectivity index (χ3n) is 12.0. The first-order valence-corrected chi connectivity index (χ1v) is 14.3. The van der Waals surface area contributed by atoms with Crippen LogP contribution in [0.25, 0.3) is 0 Å². The number of fused-ring (bicyclic) bond motifs is 5. The Labute approximate surface area is 211 Å². The number of likely N-dealkylation sites (tertiary alicyclic amines) is 1. The van der Waals surface area contributed by atoms with Crippen LogP contribution in [-0.2, 0) is 14.3 Å². The van der Waals surface area contributed by atoms with E-state index in [1.807, 2.05) is 0 Å². The monoisotopic (exact) mass is 489 g/mol. The molecule has 0 aromatic carbocycles. The van der Waals surface area contributed by atoms with E-state index in [-0.39, 0.29) is 40.8 Å². The molecule has 1 saturated heterocycles. The lowest BCUT2D eigenvalue weighted by atomic mass is 9.43. The van der Waals surface area contributed by atoms with E-state index in [1.54, 1.807) is 4.90 Å². The van der Waals surface area contributed by atoms with Gasteiger partial charge in [0.2, 0.25) is 5.91 Å². The van der Waals surface area contributed by atoms with Crippen molar-refractivity contribution in [3.8, 4) is 0 Å². The number of nitrogens with zero attached hydrogens (tertiary/aromatic N) is 1. The molecule has 5 fully saturated rings. The second-order valence-electron chi connectivity index (χ2n) is 13.5. The van der Waals surface area contributed by atoms with E-state index in [0.717, 1.165) is 32.1 Å². The zero-order chi connectivity index (χ0) is 25.1. The van der Waals surface area contributed by atoms with E-state index in [9.17, 15) is 19.8 Å². The maximum absolute atomic E-state index is 12.7. The number of amides is 1. The molecule has 5 aliphatic rings. The van der Waals surface area contributed by atoms with Crippen LogP contribution in [0.1, 0.15) is 85.0 Å². The van der Waals surface area contributed by atoms with Gasteiger partial charge in [0.15, 0.2) is 0 Å². The number of methoxy groups -OCH3 is 1. The quantitative estimate of drug-likeness (QED) is 0.570. The SMILES string of the molecule is COC(=O)C1CN(C(=O)CCC(C)C2CCC3C4C(O)C[C@@H]5C[C@H](O)CC[C@]5(C)C4CC[C@]23C)C1. The van der Waals surface area contributed by atoms with Crippen LogP contribution >= 0.6 is 0 Å². The summed E-state index contributed by atoms with van der Waals surface area (Å²) in [4.78, 5) is 26.1. The average Bonchev–Trinajstić information content (AvgIpc) is 3.14. The van der Waals surface area contributed by atoms with Crippen LogP contribution in [-0.4, -0.2) is 59.4 Å². The Bertz CT molecular complexity index is 826. The molecule has 6 nitrogen and oxygen atoms in total. The molecule has 0 bridgehead atoms. The summed E-state index contributed by atoms with van der Waals surface area (Å²) in [5.74, 6) is 2.88. The van der Waals surface area contributed by atoms with Gasteiger partial charge in [0.25, 0.3) is 0 Å². The van der Waals surface area contributed by atoms with Crippen LogP contribution < -0.4 is 0 Å². The van der Waals surface area contributed by atoms with Crippen LogP contribution in [0.4, 0.5) is 0 Å². The van der Waals surface area contributed by atoms with Gasteiger partial charge in [-0.1, -0.05) is 20.8 Å². The van der Waals surface area contributed by atoms with E-state index in [4.69, 9.17) is 4.74 Å². The van der Waals surface area contributed by atoms with E-state index in [2.05, 4.69) is 20.8 Å². The van der Waals surface area contributed by atoms with Crippen LogP contribution in [0.3, 0.4) is 0 Å². The van der Waals surface area contributed by atoms with Crippen molar-refractivity contribution in [1.82, 2.24) is 4.90 Å². The molecule has 0 spiro atoms. The second kappa shape index (κ2) is 9.31. The smallest absolute Gasteiger partial charge is 0.312 e. The Kier molecular flexibility index (Phi) is 6.78. The fraction of sp³-hybridized carbons (Fsp3) is 0.931. The van der Waals surface area contributed by atoms with Crippen molar-refractivity contribution in [2.75, 3.05) is 20.2 Å². The van der Waals surface area contributed by atoms with Gasteiger partial charge in [-0.25, -0.2) is 0 Å². The Balaban J connectivity index is 1.21. The van der Waals surface area contributed by atoms with Crippen molar-refractivity contribution in [2.45, 2.75) is 97.2 Å². The van der Waals surface area contributed by atoms with E-state index in [1.165, 1.54) is 32.8 Å². The molecular weight excluding hydrogens is 442 g/mol. The highest BCUT2D eigenvalue weighted by molar-refractivity contribution is 5.81. The molecule has 1 aliphatic heterocycles. The molecule has 0 radical (unpaired) electrons. The number of rotatable bonds is 5. The second-order valence-corrected chi connectivity index (χ2v) is 13.5. The number of carbonyl (C=O) groups excluding carboxylic acids is 2. The van der Waals surface area contributed by atoms with E-state index >= 15 is 0 Å². The van der Waals surface area contributed by atoms with Crippen molar-refractivity contribution in [1.29, 1.82) is 0 Å². The molecule has 35 heavy (non-hydrogen) atoms. The van der Waals surface area contributed by atoms with Crippen molar-refractivity contribution >= 4 is 11.9 Å². The molecule has 0 aromatic heterocycles. The van der Waals surface area contributed by atoms with E-state index < -0.39 is 0 Å².